The fraction of sp³-hybridized carbons (Fsp3) is 0.833. The van der Waals surface area contributed by atoms with Crippen LogP contribution < -0.4 is 0 Å². The molecule has 1 fully saturated rings. The molecule has 1 saturated heterocycles. The minimum atomic E-state index is -1.60. The van der Waals surface area contributed by atoms with Crippen LogP contribution in [0.15, 0.2) is 0 Å². The molecule has 0 saturated carbocycles. The van der Waals surface area contributed by atoms with E-state index in [1.165, 1.54) is 6.92 Å². The van der Waals surface area contributed by atoms with Crippen molar-refractivity contribution in [2.24, 2.45) is 0 Å². The van der Waals surface area contributed by atoms with Gasteiger partial charge in [-0.15, -0.1) is 0 Å². The maximum atomic E-state index is 11.4. The third kappa shape index (κ3) is 4.41. The Morgan fingerprint density at radius 2 is 1.85 bits per heavy atom. The second-order valence-corrected chi connectivity index (χ2v) is 4.55. The van der Waals surface area contributed by atoms with Gasteiger partial charge in [0.1, 0.15) is 24.9 Å². The molecular weight excluding hydrogens is 272 g/mol. The predicted octanol–water partition coefficient (Wildman–Crippen LogP) is -1.30. The molecule has 1 aliphatic heterocycles. The standard InChI is InChI=1S/C12H20O8/c1-3-4-8(14)20-11-10(16)9(15)7(19-12(11)17)5-18-6(2)13/h7,9-12,15-17H,3-5H2,1-2H3/t7-,9-,10+,11-,12-/m0/s1. The van der Waals surface area contributed by atoms with Gasteiger partial charge in [-0.25, -0.2) is 0 Å². The largest absolute Gasteiger partial charge is 0.463 e. The lowest BCUT2D eigenvalue weighted by Crippen LogP contribution is -2.60. The Morgan fingerprint density at radius 1 is 1.20 bits per heavy atom. The molecule has 0 aromatic rings. The highest BCUT2D eigenvalue weighted by atomic mass is 16.7. The molecule has 8 heteroatoms. The first-order chi connectivity index (χ1) is 9.36. The smallest absolute Gasteiger partial charge is 0.306 e. The Kier molecular flexibility index (Phi) is 6.34. The number of carbonyl (C=O) groups is 2. The van der Waals surface area contributed by atoms with Gasteiger partial charge in [0, 0.05) is 13.3 Å². The second kappa shape index (κ2) is 7.53. The number of aliphatic hydroxyl groups excluding tert-OH is 3. The first-order valence-corrected chi connectivity index (χ1v) is 6.39. The zero-order valence-electron chi connectivity index (χ0n) is 11.4. The van der Waals surface area contributed by atoms with Crippen LogP contribution in [0.5, 0.6) is 0 Å². The third-order valence-electron chi connectivity index (χ3n) is 2.84. The zero-order valence-corrected chi connectivity index (χ0v) is 11.4. The van der Waals surface area contributed by atoms with Crippen molar-refractivity contribution in [2.75, 3.05) is 6.61 Å². The Morgan fingerprint density at radius 3 is 2.40 bits per heavy atom. The molecule has 0 radical (unpaired) electrons. The summed E-state index contributed by atoms with van der Waals surface area (Å²) in [6.07, 6.45) is -6.37. The number of aliphatic hydroxyl groups is 3. The SMILES string of the molecule is CCCC(=O)O[C@H]1[C@H](O)[C@@H](O)[C@H](COC(C)=O)O[C@@H]1O. The highest BCUT2D eigenvalue weighted by Crippen LogP contribution is 2.23. The van der Waals surface area contributed by atoms with Crippen molar-refractivity contribution < 1.29 is 39.1 Å². The van der Waals surface area contributed by atoms with Crippen molar-refractivity contribution in [1.29, 1.82) is 0 Å². The van der Waals surface area contributed by atoms with Crippen LogP contribution in [0.25, 0.3) is 0 Å². The van der Waals surface area contributed by atoms with Crippen molar-refractivity contribution in [3.8, 4) is 0 Å². The van der Waals surface area contributed by atoms with E-state index in [1.54, 1.807) is 6.92 Å². The summed E-state index contributed by atoms with van der Waals surface area (Å²) in [4.78, 5) is 22.0. The lowest BCUT2D eigenvalue weighted by atomic mass is 9.99. The summed E-state index contributed by atoms with van der Waals surface area (Å²) in [6.45, 7) is 2.63. The van der Waals surface area contributed by atoms with Gasteiger partial charge < -0.3 is 29.5 Å². The number of hydrogen-bond acceptors (Lipinski definition) is 8. The first kappa shape index (κ1) is 16.8. The van der Waals surface area contributed by atoms with Gasteiger partial charge in [0.05, 0.1) is 0 Å². The van der Waals surface area contributed by atoms with E-state index >= 15 is 0 Å². The van der Waals surface area contributed by atoms with E-state index in [2.05, 4.69) is 4.74 Å². The predicted molar refractivity (Wildman–Crippen MR) is 64.3 cm³/mol. The van der Waals surface area contributed by atoms with E-state index in [4.69, 9.17) is 9.47 Å². The summed E-state index contributed by atoms with van der Waals surface area (Å²) in [5.74, 6) is -1.19. The van der Waals surface area contributed by atoms with Gasteiger partial charge in [0.2, 0.25) is 0 Å². The maximum absolute atomic E-state index is 11.4. The molecule has 1 rings (SSSR count). The average molecular weight is 292 g/mol. The van der Waals surface area contributed by atoms with Gasteiger partial charge >= 0.3 is 11.9 Å². The quantitative estimate of drug-likeness (QED) is 0.534. The molecule has 20 heavy (non-hydrogen) atoms. The lowest BCUT2D eigenvalue weighted by Gasteiger charge is -2.39. The lowest BCUT2D eigenvalue weighted by molar-refractivity contribution is -0.291. The fourth-order valence-corrected chi connectivity index (χ4v) is 1.80. The molecule has 0 aromatic carbocycles. The van der Waals surface area contributed by atoms with Gasteiger partial charge in [-0.05, 0) is 6.42 Å². The van der Waals surface area contributed by atoms with E-state index in [0.717, 1.165) is 0 Å². The van der Waals surface area contributed by atoms with Crippen molar-refractivity contribution in [1.82, 2.24) is 0 Å². The van der Waals surface area contributed by atoms with Gasteiger partial charge in [-0.1, -0.05) is 6.92 Å². The minimum Gasteiger partial charge on any atom is -0.463 e. The fourth-order valence-electron chi connectivity index (χ4n) is 1.80. The van der Waals surface area contributed by atoms with E-state index in [1.807, 2.05) is 0 Å². The molecule has 1 heterocycles. The van der Waals surface area contributed by atoms with Crippen LogP contribution in [0.4, 0.5) is 0 Å². The van der Waals surface area contributed by atoms with Crippen molar-refractivity contribution in [3.05, 3.63) is 0 Å². The molecule has 0 spiro atoms. The molecule has 0 aliphatic carbocycles. The van der Waals surface area contributed by atoms with Crippen LogP contribution >= 0.6 is 0 Å². The second-order valence-electron chi connectivity index (χ2n) is 4.55. The third-order valence-corrected chi connectivity index (χ3v) is 2.84. The van der Waals surface area contributed by atoms with E-state index in [-0.39, 0.29) is 13.0 Å². The molecule has 0 aromatic heterocycles. The Balaban J connectivity index is 2.61. The molecule has 1 aliphatic rings. The summed E-state index contributed by atoms with van der Waals surface area (Å²) in [6, 6.07) is 0. The van der Waals surface area contributed by atoms with Gasteiger partial charge in [-0.2, -0.15) is 0 Å². The van der Waals surface area contributed by atoms with Crippen molar-refractivity contribution in [3.63, 3.8) is 0 Å². The molecular formula is C12H20O8. The van der Waals surface area contributed by atoms with Crippen molar-refractivity contribution in [2.45, 2.75) is 57.4 Å². The molecule has 0 bridgehead atoms. The number of ether oxygens (including phenoxy) is 3. The van der Waals surface area contributed by atoms with Crippen LogP contribution in [-0.4, -0.2) is 64.6 Å². The van der Waals surface area contributed by atoms with Crippen LogP contribution in [0.2, 0.25) is 0 Å². The molecule has 3 N–H and O–H groups in total. The number of esters is 2. The first-order valence-electron chi connectivity index (χ1n) is 6.39. The number of carbonyl (C=O) groups excluding carboxylic acids is 2. The van der Waals surface area contributed by atoms with E-state index < -0.39 is 42.6 Å². The number of hydrogen-bond donors (Lipinski definition) is 3. The van der Waals surface area contributed by atoms with Gasteiger partial charge in [0.15, 0.2) is 12.4 Å². The van der Waals surface area contributed by atoms with Crippen LogP contribution in [-0.2, 0) is 23.8 Å². The summed E-state index contributed by atoms with van der Waals surface area (Å²) >= 11 is 0. The Labute approximate surface area is 116 Å². The summed E-state index contributed by atoms with van der Waals surface area (Å²) in [5.41, 5.74) is 0. The van der Waals surface area contributed by atoms with Gasteiger partial charge in [-0.3, -0.25) is 9.59 Å². The highest BCUT2D eigenvalue weighted by Gasteiger charge is 2.46. The number of rotatable bonds is 5. The zero-order chi connectivity index (χ0) is 15.3. The normalized spacial score (nSPS) is 33.5. The van der Waals surface area contributed by atoms with E-state index in [0.29, 0.717) is 6.42 Å². The molecule has 8 nitrogen and oxygen atoms in total. The van der Waals surface area contributed by atoms with Crippen LogP contribution in [0.3, 0.4) is 0 Å². The minimum absolute atomic E-state index is 0.128. The Bertz CT molecular complexity index is 344. The molecule has 5 atom stereocenters. The Hall–Kier alpha value is -1.22. The molecule has 116 valence electrons. The topological polar surface area (TPSA) is 123 Å². The summed E-state index contributed by atoms with van der Waals surface area (Å²) in [5, 5.41) is 29.4. The van der Waals surface area contributed by atoms with E-state index in [9.17, 15) is 24.9 Å². The highest BCUT2D eigenvalue weighted by molar-refractivity contribution is 5.69. The molecule has 0 unspecified atom stereocenters. The van der Waals surface area contributed by atoms with Crippen LogP contribution in [0.1, 0.15) is 26.7 Å². The van der Waals surface area contributed by atoms with Crippen LogP contribution in [0, 0.1) is 0 Å². The maximum Gasteiger partial charge on any atom is 0.306 e. The monoisotopic (exact) mass is 292 g/mol. The van der Waals surface area contributed by atoms with Gasteiger partial charge in [0.25, 0.3) is 0 Å². The summed E-state index contributed by atoms with van der Waals surface area (Å²) < 4.78 is 14.5. The molecule has 0 amide bonds. The summed E-state index contributed by atoms with van der Waals surface area (Å²) in [7, 11) is 0. The van der Waals surface area contributed by atoms with Crippen molar-refractivity contribution >= 4 is 11.9 Å². The average Bonchev–Trinajstić information content (AvgIpc) is 2.37.